The number of halogens is 1. The predicted molar refractivity (Wildman–Crippen MR) is 105 cm³/mol. The highest BCUT2D eigenvalue weighted by Crippen LogP contribution is 2.36. The molecule has 0 radical (unpaired) electrons. The lowest BCUT2D eigenvalue weighted by Gasteiger charge is -2.28. The molecule has 3 rings (SSSR count). The van der Waals surface area contributed by atoms with Crippen molar-refractivity contribution < 1.29 is 14.6 Å². The molecule has 2 N–H and O–H groups in total. The van der Waals surface area contributed by atoms with E-state index in [9.17, 15) is 14.7 Å². The molecule has 0 fully saturated rings. The molecule has 0 saturated heterocycles. The Balaban J connectivity index is 2.41. The first-order chi connectivity index (χ1) is 12.6. The number of aliphatic carboxylic acids is 1. The molecule has 0 aliphatic carbocycles. The second kappa shape index (κ2) is 6.87. The molecule has 2 heterocycles. The summed E-state index contributed by atoms with van der Waals surface area (Å²) in [6.45, 7) is 5.33. The molecule has 27 heavy (non-hydrogen) atoms. The Labute approximate surface area is 161 Å². The monoisotopic (exact) mass is 388 g/mol. The molecule has 2 aromatic heterocycles. The Morgan fingerprint density at radius 3 is 2.41 bits per heavy atom. The Morgan fingerprint density at radius 1 is 1.22 bits per heavy atom. The topological polar surface area (TPSA) is 84.3 Å². The molecule has 0 aliphatic rings. The summed E-state index contributed by atoms with van der Waals surface area (Å²) in [4.78, 5) is 27.8. The smallest absolute Gasteiger partial charge is 0.339 e. The maximum atomic E-state index is 12.8. The van der Waals surface area contributed by atoms with Crippen molar-refractivity contribution in [2.45, 2.75) is 32.5 Å². The van der Waals surface area contributed by atoms with Crippen LogP contribution in [0.15, 0.2) is 41.3 Å². The molecular weight excluding hydrogens is 368 g/mol. The van der Waals surface area contributed by atoms with Crippen LogP contribution >= 0.6 is 11.6 Å². The van der Waals surface area contributed by atoms with Gasteiger partial charge in [0.25, 0.3) is 5.56 Å². The van der Waals surface area contributed by atoms with Crippen LogP contribution in [-0.4, -0.2) is 26.2 Å². The summed E-state index contributed by atoms with van der Waals surface area (Å²) < 4.78 is 7.18. The van der Waals surface area contributed by atoms with Crippen molar-refractivity contribution in [2.24, 2.45) is 7.05 Å². The molecule has 3 aromatic rings. The third-order valence-corrected chi connectivity index (χ3v) is 4.48. The maximum Gasteiger partial charge on any atom is 0.339 e. The standard InChI is InChI=1S/C20H21ClN2O4/c1-20(2,3)27-17(19(25)26)16-14(11-5-7-12(21)8-6-11)13-9-10-22-15(13)18(24)23(16)4/h5-10,17,22H,1-4H3,(H,25,26). The van der Waals surface area contributed by atoms with Gasteiger partial charge in [-0.2, -0.15) is 0 Å². The number of H-pyrrole nitrogens is 1. The van der Waals surface area contributed by atoms with Crippen LogP contribution in [0.5, 0.6) is 0 Å². The Bertz CT molecular complexity index is 1060. The van der Waals surface area contributed by atoms with Crippen molar-refractivity contribution in [3.05, 3.63) is 57.6 Å². The average molecular weight is 389 g/mol. The number of ether oxygens (including phenoxy) is 1. The molecule has 142 valence electrons. The number of carboxylic acid groups (broad SMARTS) is 1. The summed E-state index contributed by atoms with van der Waals surface area (Å²) in [5, 5.41) is 11.1. The molecule has 6 nitrogen and oxygen atoms in total. The number of nitrogens with one attached hydrogen (secondary N) is 1. The minimum absolute atomic E-state index is 0.289. The highest BCUT2D eigenvalue weighted by molar-refractivity contribution is 6.30. The third kappa shape index (κ3) is 3.63. The minimum Gasteiger partial charge on any atom is -0.479 e. The van der Waals surface area contributed by atoms with Crippen molar-refractivity contribution in [1.29, 1.82) is 0 Å². The van der Waals surface area contributed by atoms with Gasteiger partial charge in [-0.3, -0.25) is 4.79 Å². The SMILES string of the molecule is Cn1c(C(OC(C)(C)C)C(=O)O)c(-c2ccc(Cl)cc2)c2cc[nH]c2c1=O. The van der Waals surface area contributed by atoms with Gasteiger partial charge in [0.2, 0.25) is 0 Å². The van der Waals surface area contributed by atoms with Gasteiger partial charge in [-0.05, 0) is 44.5 Å². The van der Waals surface area contributed by atoms with E-state index < -0.39 is 17.7 Å². The highest BCUT2D eigenvalue weighted by atomic mass is 35.5. The average Bonchev–Trinajstić information content (AvgIpc) is 3.05. The van der Waals surface area contributed by atoms with E-state index in [0.717, 1.165) is 5.56 Å². The second-order valence-corrected chi connectivity index (χ2v) is 7.78. The zero-order chi connectivity index (χ0) is 19.9. The molecule has 0 bridgehead atoms. The lowest BCUT2D eigenvalue weighted by atomic mass is 9.96. The van der Waals surface area contributed by atoms with Crippen molar-refractivity contribution >= 4 is 28.5 Å². The van der Waals surface area contributed by atoms with E-state index in [2.05, 4.69) is 4.98 Å². The van der Waals surface area contributed by atoms with Crippen LogP contribution in [0.3, 0.4) is 0 Å². The lowest BCUT2D eigenvalue weighted by Crippen LogP contribution is -2.32. The van der Waals surface area contributed by atoms with Gasteiger partial charge in [-0.25, -0.2) is 4.79 Å². The zero-order valence-corrected chi connectivity index (χ0v) is 16.3. The summed E-state index contributed by atoms with van der Waals surface area (Å²) in [7, 11) is 1.55. The van der Waals surface area contributed by atoms with E-state index in [1.807, 2.05) is 0 Å². The number of rotatable bonds is 4. The van der Waals surface area contributed by atoms with Gasteiger partial charge in [-0.1, -0.05) is 23.7 Å². The lowest BCUT2D eigenvalue weighted by molar-refractivity contribution is -0.161. The molecule has 1 unspecified atom stereocenters. The van der Waals surface area contributed by atoms with E-state index in [0.29, 0.717) is 21.5 Å². The molecule has 0 saturated carbocycles. The fourth-order valence-corrected chi connectivity index (χ4v) is 3.27. The normalized spacial score (nSPS) is 13.1. The van der Waals surface area contributed by atoms with Crippen LogP contribution in [0, 0.1) is 0 Å². The summed E-state index contributed by atoms with van der Waals surface area (Å²) >= 11 is 6.01. The first-order valence-corrected chi connectivity index (χ1v) is 8.84. The number of aromatic nitrogens is 2. The predicted octanol–water partition coefficient (Wildman–Crippen LogP) is 4.13. The maximum absolute atomic E-state index is 12.8. The molecule has 1 aromatic carbocycles. The molecular formula is C20H21ClN2O4. The van der Waals surface area contributed by atoms with Gasteiger partial charge >= 0.3 is 5.97 Å². The van der Waals surface area contributed by atoms with Gasteiger partial charge in [0.05, 0.1) is 11.3 Å². The molecule has 7 heteroatoms. The number of carboxylic acids is 1. The van der Waals surface area contributed by atoms with Gasteiger partial charge in [0.15, 0.2) is 6.10 Å². The quantitative estimate of drug-likeness (QED) is 0.703. The van der Waals surface area contributed by atoms with E-state index >= 15 is 0 Å². The summed E-state index contributed by atoms with van der Waals surface area (Å²) in [6.07, 6.45) is 0.350. The van der Waals surface area contributed by atoms with Crippen LogP contribution < -0.4 is 5.56 Å². The van der Waals surface area contributed by atoms with Gasteiger partial charge in [-0.15, -0.1) is 0 Å². The van der Waals surface area contributed by atoms with Crippen molar-refractivity contribution in [3.8, 4) is 11.1 Å². The third-order valence-electron chi connectivity index (χ3n) is 4.23. The largest absolute Gasteiger partial charge is 0.479 e. The zero-order valence-electron chi connectivity index (χ0n) is 15.5. The number of hydrogen-bond donors (Lipinski definition) is 2. The van der Waals surface area contributed by atoms with Crippen LogP contribution in [-0.2, 0) is 16.6 Å². The number of aromatic amines is 1. The van der Waals surface area contributed by atoms with E-state index in [4.69, 9.17) is 16.3 Å². The fourth-order valence-electron chi connectivity index (χ4n) is 3.14. The molecule has 0 amide bonds. The Kier molecular flexibility index (Phi) is 4.88. The minimum atomic E-state index is -1.31. The van der Waals surface area contributed by atoms with Crippen LogP contribution in [0.4, 0.5) is 0 Å². The van der Waals surface area contributed by atoms with Crippen molar-refractivity contribution in [2.75, 3.05) is 0 Å². The highest BCUT2D eigenvalue weighted by Gasteiger charge is 2.33. The Hall–Kier alpha value is -2.57. The number of fused-ring (bicyclic) bond motifs is 1. The second-order valence-electron chi connectivity index (χ2n) is 7.35. The summed E-state index contributed by atoms with van der Waals surface area (Å²) in [6, 6.07) is 8.82. The Morgan fingerprint density at radius 2 is 1.85 bits per heavy atom. The van der Waals surface area contributed by atoms with Crippen LogP contribution in [0.25, 0.3) is 22.0 Å². The van der Waals surface area contributed by atoms with Gasteiger partial charge in [0.1, 0.15) is 5.52 Å². The summed E-state index contributed by atoms with van der Waals surface area (Å²) in [5.74, 6) is -1.16. The number of benzene rings is 1. The van der Waals surface area contributed by atoms with Crippen molar-refractivity contribution in [1.82, 2.24) is 9.55 Å². The number of nitrogens with zero attached hydrogens (tertiary/aromatic N) is 1. The van der Waals surface area contributed by atoms with E-state index in [-0.39, 0.29) is 11.3 Å². The van der Waals surface area contributed by atoms with Crippen molar-refractivity contribution in [3.63, 3.8) is 0 Å². The number of pyridine rings is 1. The number of carbonyl (C=O) groups is 1. The van der Waals surface area contributed by atoms with Gasteiger partial charge < -0.3 is 19.4 Å². The molecule has 0 spiro atoms. The molecule has 0 aliphatic heterocycles. The molecule has 1 atom stereocenters. The van der Waals surface area contributed by atoms with E-state index in [1.54, 1.807) is 64.3 Å². The fraction of sp³-hybridized carbons (Fsp3) is 0.300. The first-order valence-electron chi connectivity index (χ1n) is 8.46. The number of hydrogen-bond acceptors (Lipinski definition) is 3. The van der Waals surface area contributed by atoms with Gasteiger partial charge in [0, 0.05) is 29.2 Å². The van der Waals surface area contributed by atoms with Crippen LogP contribution in [0.1, 0.15) is 32.6 Å². The van der Waals surface area contributed by atoms with Crippen LogP contribution in [0.2, 0.25) is 5.02 Å². The van der Waals surface area contributed by atoms with E-state index in [1.165, 1.54) is 4.57 Å². The first kappa shape index (κ1) is 19.2. The summed E-state index contributed by atoms with van der Waals surface area (Å²) in [5.41, 5.74) is 1.04.